The number of aryl methyl sites for hydroxylation is 1. The van der Waals surface area contributed by atoms with Gasteiger partial charge in [0.05, 0.1) is 16.6 Å². The fraction of sp³-hybridized carbons (Fsp3) is 0.562. The van der Waals surface area contributed by atoms with Crippen molar-refractivity contribution in [3.05, 3.63) is 23.5 Å². The second kappa shape index (κ2) is 6.24. The Kier molecular flexibility index (Phi) is 4.18. The molecule has 0 bridgehead atoms. The van der Waals surface area contributed by atoms with Crippen molar-refractivity contribution in [2.45, 2.75) is 45.4 Å². The van der Waals surface area contributed by atoms with E-state index in [1.54, 1.807) is 6.20 Å². The molecule has 2 aromatic rings. The molecule has 3 rings (SSSR count). The minimum Gasteiger partial charge on any atom is -0.352 e. The Morgan fingerprint density at radius 2 is 2.24 bits per heavy atom. The van der Waals surface area contributed by atoms with E-state index in [2.05, 4.69) is 15.5 Å². The van der Waals surface area contributed by atoms with E-state index < -0.39 is 0 Å². The molecule has 1 N–H and O–H groups in total. The predicted molar refractivity (Wildman–Crippen MR) is 80.1 cm³/mol. The highest BCUT2D eigenvalue weighted by molar-refractivity contribution is 5.96. The summed E-state index contributed by atoms with van der Waals surface area (Å²) in [5.74, 6) is 0.723. The van der Waals surface area contributed by atoms with Gasteiger partial charge in [-0.1, -0.05) is 37.8 Å². The molecular weight excluding hydrogens is 266 g/mol. The molecular formula is C16H21N3O2. The lowest BCUT2D eigenvalue weighted by Crippen LogP contribution is -2.25. The third kappa shape index (κ3) is 3.06. The van der Waals surface area contributed by atoms with Crippen molar-refractivity contribution in [1.29, 1.82) is 0 Å². The van der Waals surface area contributed by atoms with Crippen molar-refractivity contribution in [2.75, 3.05) is 6.54 Å². The Hall–Kier alpha value is -1.91. The van der Waals surface area contributed by atoms with E-state index in [9.17, 15) is 4.79 Å². The highest BCUT2D eigenvalue weighted by Crippen LogP contribution is 2.27. The van der Waals surface area contributed by atoms with Crippen LogP contribution in [0.4, 0.5) is 0 Å². The van der Waals surface area contributed by atoms with Gasteiger partial charge in [0.2, 0.25) is 0 Å². The third-order valence-corrected chi connectivity index (χ3v) is 4.31. The number of nitrogens with zero attached hydrogens (tertiary/aromatic N) is 2. The number of hydrogen-bond acceptors (Lipinski definition) is 4. The number of rotatable bonds is 5. The zero-order valence-electron chi connectivity index (χ0n) is 12.4. The number of aromatic nitrogens is 2. The van der Waals surface area contributed by atoms with Crippen LogP contribution >= 0.6 is 0 Å². The van der Waals surface area contributed by atoms with Crippen molar-refractivity contribution < 1.29 is 9.32 Å². The molecule has 112 valence electrons. The molecule has 1 fully saturated rings. The van der Waals surface area contributed by atoms with Crippen LogP contribution in [0, 0.1) is 5.92 Å². The molecule has 2 heterocycles. The molecule has 0 aliphatic heterocycles. The van der Waals surface area contributed by atoms with Crippen molar-refractivity contribution >= 4 is 17.0 Å². The summed E-state index contributed by atoms with van der Waals surface area (Å²) in [6, 6.07) is 1.82. The molecule has 1 aliphatic carbocycles. The molecule has 1 saturated carbocycles. The van der Waals surface area contributed by atoms with Gasteiger partial charge in [0.15, 0.2) is 0 Å². The molecule has 1 aliphatic rings. The molecule has 1 amide bonds. The summed E-state index contributed by atoms with van der Waals surface area (Å²) in [5.41, 5.74) is 1.92. The summed E-state index contributed by atoms with van der Waals surface area (Å²) in [6.07, 6.45) is 8.70. The molecule has 0 saturated heterocycles. The van der Waals surface area contributed by atoms with Crippen molar-refractivity contribution in [1.82, 2.24) is 15.5 Å². The lowest BCUT2D eigenvalue weighted by Gasteiger charge is -2.09. The fourth-order valence-electron chi connectivity index (χ4n) is 3.05. The van der Waals surface area contributed by atoms with Gasteiger partial charge in [-0.05, 0) is 24.8 Å². The standard InChI is InChI=1S/C16H21N3O2/c1-2-14-13-9-12(10-18-16(13)21-19-14)15(20)17-8-7-11-5-3-4-6-11/h9-11H,2-8H2,1H3,(H,17,20). The average molecular weight is 287 g/mol. The summed E-state index contributed by atoms with van der Waals surface area (Å²) >= 11 is 0. The largest absolute Gasteiger partial charge is 0.352 e. The lowest BCUT2D eigenvalue weighted by atomic mass is 10.0. The molecule has 5 heteroatoms. The molecule has 2 aromatic heterocycles. The Labute approximate surface area is 124 Å². The van der Waals surface area contributed by atoms with Crippen LogP contribution in [-0.2, 0) is 6.42 Å². The molecule has 5 nitrogen and oxygen atoms in total. The van der Waals surface area contributed by atoms with E-state index in [-0.39, 0.29) is 5.91 Å². The summed E-state index contributed by atoms with van der Waals surface area (Å²) in [6.45, 7) is 2.75. The van der Waals surface area contributed by atoms with Gasteiger partial charge in [0.25, 0.3) is 11.6 Å². The monoisotopic (exact) mass is 287 g/mol. The van der Waals surface area contributed by atoms with Gasteiger partial charge in [0.1, 0.15) is 0 Å². The third-order valence-electron chi connectivity index (χ3n) is 4.31. The van der Waals surface area contributed by atoms with Crippen LogP contribution in [0.15, 0.2) is 16.8 Å². The number of hydrogen-bond donors (Lipinski definition) is 1. The maximum atomic E-state index is 12.2. The first-order chi connectivity index (χ1) is 10.3. The Morgan fingerprint density at radius 1 is 1.43 bits per heavy atom. The quantitative estimate of drug-likeness (QED) is 0.917. The maximum absolute atomic E-state index is 12.2. The number of pyridine rings is 1. The second-order valence-electron chi connectivity index (χ2n) is 5.75. The van der Waals surface area contributed by atoms with Gasteiger partial charge >= 0.3 is 0 Å². The van der Waals surface area contributed by atoms with Crippen LogP contribution < -0.4 is 5.32 Å². The first-order valence-electron chi connectivity index (χ1n) is 7.80. The first-order valence-corrected chi connectivity index (χ1v) is 7.80. The van der Waals surface area contributed by atoms with Crippen LogP contribution in [0.5, 0.6) is 0 Å². The second-order valence-corrected chi connectivity index (χ2v) is 5.75. The molecule has 0 aromatic carbocycles. The van der Waals surface area contributed by atoms with E-state index >= 15 is 0 Å². The van der Waals surface area contributed by atoms with Gasteiger partial charge in [-0.15, -0.1) is 0 Å². The minimum absolute atomic E-state index is 0.0642. The van der Waals surface area contributed by atoms with E-state index in [1.165, 1.54) is 25.7 Å². The summed E-state index contributed by atoms with van der Waals surface area (Å²) in [7, 11) is 0. The number of amides is 1. The summed E-state index contributed by atoms with van der Waals surface area (Å²) < 4.78 is 5.13. The van der Waals surface area contributed by atoms with Crippen molar-refractivity contribution in [3.8, 4) is 0 Å². The number of carbonyl (C=O) groups is 1. The van der Waals surface area contributed by atoms with Gasteiger partial charge < -0.3 is 9.84 Å². The Bertz CT molecular complexity index is 629. The predicted octanol–water partition coefficient (Wildman–Crippen LogP) is 3.10. The van der Waals surface area contributed by atoms with Gasteiger partial charge in [-0.2, -0.15) is 0 Å². The minimum atomic E-state index is -0.0642. The molecule has 0 radical (unpaired) electrons. The maximum Gasteiger partial charge on any atom is 0.257 e. The molecule has 0 atom stereocenters. The normalized spacial score (nSPS) is 15.7. The fourth-order valence-corrected chi connectivity index (χ4v) is 3.05. The molecule has 0 spiro atoms. The smallest absolute Gasteiger partial charge is 0.257 e. The van der Waals surface area contributed by atoms with Crippen molar-refractivity contribution in [2.24, 2.45) is 5.92 Å². The van der Waals surface area contributed by atoms with Crippen LogP contribution in [0.25, 0.3) is 11.1 Å². The summed E-state index contributed by atoms with van der Waals surface area (Å²) in [4.78, 5) is 16.3. The first kappa shape index (κ1) is 14.0. The van der Waals surface area contributed by atoms with Gasteiger partial charge in [-0.25, -0.2) is 4.98 Å². The molecule has 21 heavy (non-hydrogen) atoms. The highest BCUT2D eigenvalue weighted by Gasteiger charge is 2.16. The topological polar surface area (TPSA) is 68.0 Å². The average Bonchev–Trinajstić information content (AvgIpc) is 3.15. The Balaban J connectivity index is 1.63. The number of carbonyl (C=O) groups excluding carboxylic acids is 1. The zero-order valence-corrected chi connectivity index (χ0v) is 12.4. The lowest BCUT2D eigenvalue weighted by molar-refractivity contribution is 0.0951. The molecule has 0 unspecified atom stereocenters. The highest BCUT2D eigenvalue weighted by atomic mass is 16.5. The van der Waals surface area contributed by atoms with E-state index in [1.807, 2.05) is 13.0 Å². The SMILES string of the molecule is CCc1noc2ncc(C(=O)NCCC3CCCC3)cc12. The zero-order chi connectivity index (χ0) is 14.7. The van der Waals surface area contributed by atoms with Gasteiger partial charge in [-0.3, -0.25) is 4.79 Å². The Morgan fingerprint density at radius 3 is 3.00 bits per heavy atom. The van der Waals surface area contributed by atoms with E-state index in [0.717, 1.165) is 36.4 Å². The van der Waals surface area contributed by atoms with E-state index in [0.29, 0.717) is 11.3 Å². The van der Waals surface area contributed by atoms with Crippen LogP contribution in [0.3, 0.4) is 0 Å². The van der Waals surface area contributed by atoms with Crippen LogP contribution in [0.2, 0.25) is 0 Å². The number of fused-ring (bicyclic) bond motifs is 1. The van der Waals surface area contributed by atoms with Gasteiger partial charge in [0, 0.05) is 12.7 Å². The van der Waals surface area contributed by atoms with Crippen LogP contribution in [0.1, 0.15) is 55.1 Å². The number of nitrogens with one attached hydrogen (secondary N) is 1. The summed E-state index contributed by atoms with van der Waals surface area (Å²) in [5, 5.41) is 7.78. The van der Waals surface area contributed by atoms with E-state index in [4.69, 9.17) is 4.52 Å². The van der Waals surface area contributed by atoms with Crippen molar-refractivity contribution in [3.63, 3.8) is 0 Å². The van der Waals surface area contributed by atoms with Crippen LogP contribution in [-0.4, -0.2) is 22.6 Å².